The second-order valence-electron chi connectivity index (χ2n) is 3.20. The summed E-state index contributed by atoms with van der Waals surface area (Å²) >= 11 is 1.82. The molecule has 1 fully saturated rings. The quantitative estimate of drug-likeness (QED) is 0.586. The summed E-state index contributed by atoms with van der Waals surface area (Å²) in [4.78, 5) is 10.6. The Kier molecular flexibility index (Phi) is 2.40. The minimum atomic E-state index is 0.0220. The molecule has 2 heteroatoms. The van der Waals surface area contributed by atoms with Crippen molar-refractivity contribution in [3.05, 3.63) is 0 Å². The molecule has 0 bridgehead atoms. The summed E-state index contributed by atoms with van der Waals surface area (Å²) in [6.45, 7) is 4.29. The lowest BCUT2D eigenvalue weighted by Gasteiger charge is -2.37. The highest BCUT2D eigenvalue weighted by Crippen LogP contribution is 2.44. The van der Waals surface area contributed by atoms with Gasteiger partial charge in [-0.25, -0.2) is 0 Å². The first-order chi connectivity index (χ1) is 4.68. The van der Waals surface area contributed by atoms with Crippen LogP contribution in [0, 0.1) is 0 Å². The van der Waals surface area contributed by atoms with E-state index in [4.69, 9.17) is 0 Å². The van der Waals surface area contributed by atoms with Gasteiger partial charge in [0.05, 0.1) is 4.75 Å². The van der Waals surface area contributed by atoms with Gasteiger partial charge in [-0.3, -0.25) is 0 Å². The Morgan fingerprint density at radius 2 is 2.10 bits per heavy atom. The fraction of sp³-hybridized carbons (Fsp3) is 0.875. The van der Waals surface area contributed by atoms with Gasteiger partial charge in [0.15, 0.2) is 0 Å². The summed E-state index contributed by atoms with van der Waals surface area (Å²) in [5.41, 5.74) is 0. The van der Waals surface area contributed by atoms with E-state index in [9.17, 15) is 4.79 Å². The normalized spacial score (nSPS) is 22.3. The van der Waals surface area contributed by atoms with Crippen molar-refractivity contribution in [3.63, 3.8) is 0 Å². The molecule has 0 spiro atoms. The fourth-order valence-corrected chi connectivity index (χ4v) is 2.78. The maximum Gasteiger partial charge on any atom is 0.136 e. The molecular formula is C8H14OS. The molecule has 1 rings (SSSR count). The monoisotopic (exact) mass is 158 g/mol. The van der Waals surface area contributed by atoms with Gasteiger partial charge >= 0.3 is 0 Å². The van der Waals surface area contributed by atoms with Crippen LogP contribution < -0.4 is 0 Å². The lowest BCUT2D eigenvalue weighted by molar-refractivity contribution is -0.111. The van der Waals surface area contributed by atoms with Gasteiger partial charge in [-0.2, -0.15) is 0 Å². The van der Waals surface area contributed by atoms with Gasteiger partial charge in [-0.1, -0.05) is 13.8 Å². The average molecular weight is 158 g/mol. The van der Waals surface area contributed by atoms with Crippen molar-refractivity contribution in [2.45, 2.75) is 43.1 Å². The number of rotatable bonds is 3. The first kappa shape index (κ1) is 8.12. The van der Waals surface area contributed by atoms with Crippen LogP contribution in [0.15, 0.2) is 0 Å². The van der Waals surface area contributed by atoms with Gasteiger partial charge < -0.3 is 4.79 Å². The second kappa shape index (κ2) is 2.95. The summed E-state index contributed by atoms with van der Waals surface area (Å²) < 4.78 is 0.0220. The topological polar surface area (TPSA) is 17.1 Å². The minimum absolute atomic E-state index is 0.0220. The van der Waals surface area contributed by atoms with Gasteiger partial charge in [0, 0.05) is 5.25 Å². The molecule has 0 N–H and O–H groups in total. The molecule has 0 aromatic rings. The van der Waals surface area contributed by atoms with E-state index in [1.165, 1.54) is 6.42 Å². The molecule has 1 aliphatic carbocycles. The lowest BCUT2D eigenvalue weighted by Crippen LogP contribution is -2.36. The average Bonchev–Trinajstić information content (AvgIpc) is 1.78. The molecule has 0 aliphatic heterocycles. The van der Waals surface area contributed by atoms with E-state index in [1.807, 2.05) is 11.8 Å². The van der Waals surface area contributed by atoms with Crippen molar-refractivity contribution in [3.8, 4) is 0 Å². The summed E-state index contributed by atoms with van der Waals surface area (Å²) in [5, 5.41) is 0.588. The zero-order chi connectivity index (χ0) is 7.61. The first-order valence-electron chi connectivity index (χ1n) is 3.83. The minimum Gasteiger partial charge on any atom is -0.302 e. The molecule has 0 amide bonds. The predicted molar refractivity (Wildman–Crippen MR) is 45.4 cm³/mol. The Labute approximate surface area is 66.6 Å². The van der Waals surface area contributed by atoms with E-state index in [1.54, 1.807) is 0 Å². The highest BCUT2D eigenvalue weighted by atomic mass is 32.2. The second-order valence-corrected chi connectivity index (χ2v) is 5.19. The Morgan fingerprint density at radius 1 is 1.50 bits per heavy atom. The van der Waals surface area contributed by atoms with E-state index in [-0.39, 0.29) is 4.75 Å². The summed E-state index contributed by atoms with van der Waals surface area (Å²) in [5.74, 6) is 0. The molecule has 0 heterocycles. The number of thioether (sulfide) groups is 1. The maximum absolute atomic E-state index is 10.6. The predicted octanol–water partition coefficient (Wildman–Crippen LogP) is 2.25. The largest absolute Gasteiger partial charge is 0.302 e. The molecule has 0 atom stereocenters. The molecule has 1 aliphatic rings. The van der Waals surface area contributed by atoms with E-state index in [0.29, 0.717) is 5.25 Å². The van der Waals surface area contributed by atoms with E-state index >= 15 is 0 Å². The van der Waals surface area contributed by atoms with Crippen molar-refractivity contribution in [2.24, 2.45) is 0 Å². The third-order valence-corrected chi connectivity index (χ3v) is 3.33. The summed E-state index contributed by atoms with van der Waals surface area (Å²) in [7, 11) is 0. The van der Waals surface area contributed by atoms with Crippen LogP contribution in [0.4, 0.5) is 0 Å². The molecule has 0 unspecified atom stereocenters. The number of hydrogen-bond donors (Lipinski definition) is 0. The van der Waals surface area contributed by atoms with Crippen molar-refractivity contribution in [1.82, 2.24) is 0 Å². The summed E-state index contributed by atoms with van der Waals surface area (Å²) in [6.07, 6.45) is 4.57. The Balaban J connectivity index is 2.40. The van der Waals surface area contributed by atoms with Crippen molar-refractivity contribution < 1.29 is 4.79 Å². The zero-order valence-corrected chi connectivity index (χ0v) is 7.41. The third-order valence-electron chi connectivity index (χ3n) is 1.89. The number of carbonyl (C=O) groups excluding carboxylic acids is 1. The van der Waals surface area contributed by atoms with Crippen LogP contribution in [0.3, 0.4) is 0 Å². The van der Waals surface area contributed by atoms with Crippen LogP contribution in [0.1, 0.15) is 33.1 Å². The van der Waals surface area contributed by atoms with Gasteiger partial charge in [-0.15, -0.1) is 11.8 Å². The molecule has 0 radical (unpaired) electrons. The van der Waals surface area contributed by atoms with Gasteiger partial charge in [-0.05, 0) is 19.3 Å². The molecular weight excluding hydrogens is 144 g/mol. The Bertz CT molecular complexity index is 127. The fourth-order valence-electron chi connectivity index (χ4n) is 1.26. The van der Waals surface area contributed by atoms with E-state index in [2.05, 4.69) is 13.8 Å². The number of carbonyl (C=O) groups is 1. The molecule has 10 heavy (non-hydrogen) atoms. The molecule has 0 saturated heterocycles. The van der Waals surface area contributed by atoms with Crippen LogP contribution >= 0.6 is 11.8 Å². The Hall–Kier alpha value is 0.0200. The van der Waals surface area contributed by atoms with Gasteiger partial charge in [0.2, 0.25) is 0 Å². The molecule has 1 nitrogen and oxygen atoms in total. The number of hydrogen-bond acceptors (Lipinski definition) is 2. The first-order valence-corrected chi connectivity index (χ1v) is 4.71. The SMILES string of the molecule is CC(C)SC1(C=O)CCC1. The zero-order valence-electron chi connectivity index (χ0n) is 6.59. The van der Waals surface area contributed by atoms with Crippen LogP contribution in [-0.4, -0.2) is 16.3 Å². The Morgan fingerprint density at radius 3 is 2.20 bits per heavy atom. The maximum atomic E-state index is 10.6. The number of aldehydes is 1. The molecule has 0 aromatic heterocycles. The molecule has 0 aromatic carbocycles. The van der Waals surface area contributed by atoms with E-state index in [0.717, 1.165) is 19.1 Å². The van der Waals surface area contributed by atoms with Crippen molar-refractivity contribution in [1.29, 1.82) is 0 Å². The van der Waals surface area contributed by atoms with Gasteiger partial charge in [0.25, 0.3) is 0 Å². The van der Waals surface area contributed by atoms with Crippen LogP contribution in [0.5, 0.6) is 0 Å². The third kappa shape index (κ3) is 1.54. The van der Waals surface area contributed by atoms with Crippen LogP contribution in [-0.2, 0) is 4.79 Å². The van der Waals surface area contributed by atoms with E-state index < -0.39 is 0 Å². The molecule has 58 valence electrons. The summed E-state index contributed by atoms with van der Waals surface area (Å²) in [6, 6.07) is 0. The van der Waals surface area contributed by atoms with Crippen LogP contribution in [0.2, 0.25) is 0 Å². The van der Waals surface area contributed by atoms with Gasteiger partial charge in [0.1, 0.15) is 6.29 Å². The van der Waals surface area contributed by atoms with Crippen molar-refractivity contribution >= 4 is 18.0 Å². The highest BCUT2D eigenvalue weighted by molar-refractivity contribution is 8.01. The standard InChI is InChI=1S/C8H14OS/c1-7(2)10-8(6-9)4-3-5-8/h6-7H,3-5H2,1-2H3. The van der Waals surface area contributed by atoms with Crippen LogP contribution in [0.25, 0.3) is 0 Å². The van der Waals surface area contributed by atoms with Crippen molar-refractivity contribution in [2.75, 3.05) is 0 Å². The highest BCUT2D eigenvalue weighted by Gasteiger charge is 2.37. The lowest BCUT2D eigenvalue weighted by atomic mass is 9.86. The molecule has 1 saturated carbocycles. The smallest absolute Gasteiger partial charge is 0.136 e.